The molecule has 22 heavy (non-hydrogen) atoms. The van der Waals surface area contributed by atoms with Crippen LogP contribution >= 0.6 is 0 Å². The SMILES string of the molecule is COc1cccc(-c2cc(C#N)c(N3CCC(O)CC3)[nH]2)c1. The zero-order valence-electron chi connectivity index (χ0n) is 12.5. The van der Waals surface area contributed by atoms with Crippen LogP contribution in [0.1, 0.15) is 18.4 Å². The number of H-pyrrole nitrogens is 1. The number of aliphatic hydroxyl groups is 1. The minimum atomic E-state index is -0.227. The molecule has 3 rings (SSSR count). The van der Waals surface area contributed by atoms with Crippen LogP contribution in [0.3, 0.4) is 0 Å². The summed E-state index contributed by atoms with van der Waals surface area (Å²) >= 11 is 0. The predicted octanol–water partition coefficient (Wildman–Crippen LogP) is 2.52. The smallest absolute Gasteiger partial charge is 0.124 e. The number of aliphatic hydroxyl groups excluding tert-OH is 1. The lowest BCUT2D eigenvalue weighted by molar-refractivity contribution is 0.145. The summed E-state index contributed by atoms with van der Waals surface area (Å²) in [5.74, 6) is 1.63. The van der Waals surface area contributed by atoms with Crippen molar-refractivity contribution in [2.24, 2.45) is 0 Å². The van der Waals surface area contributed by atoms with E-state index in [4.69, 9.17) is 4.74 Å². The molecular weight excluding hydrogens is 278 g/mol. The summed E-state index contributed by atoms with van der Waals surface area (Å²) < 4.78 is 5.25. The van der Waals surface area contributed by atoms with E-state index >= 15 is 0 Å². The normalized spacial score (nSPS) is 15.6. The van der Waals surface area contributed by atoms with Crippen molar-refractivity contribution in [1.29, 1.82) is 5.26 Å². The maximum Gasteiger partial charge on any atom is 0.124 e. The lowest BCUT2D eigenvalue weighted by atomic mass is 10.1. The fraction of sp³-hybridized carbons (Fsp3) is 0.353. The average Bonchev–Trinajstić information content (AvgIpc) is 3.00. The van der Waals surface area contributed by atoms with E-state index in [1.54, 1.807) is 7.11 Å². The molecule has 0 saturated carbocycles. The van der Waals surface area contributed by atoms with Crippen molar-refractivity contribution in [3.63, 3.8) is 0 Å². The minimum Gasteiger partial charge on any atom is -0.497 e. The van der Waals surface area contributed by atoms with Gasteiger partial charge in [-0.25, -0.2) is 0 Å². The molecule has 0 aliphatic carbocycles. The van der Waals surface area contributed by atoms with Crippen LogP contribution in [0.5, 0.6) is 5.75 Å². The Labute approximate surface area is 129 Å². The number of rotatable bonds is 3. The van der Waals surface area contributed by atoms with Crippen molar-refractivity contribution in [1.82, 2.24) is 4.98 Å². The lowest BCUT2D eigenvalue weighted by Gasteiger charge is -2.30. The maximum atomic E-state index is 9.63. The molecule has 1 aromatic carbocycles. The van der Waals surface area contributed by atoms with Crippen molar-refractivity contribution in [2.45, 2.75) is 18.9 Å². The summed E-state index contributed by atoms with van der Waals surface area (Å²) in [6.45, 7) is 1.52. The average molecular weight is 297 g/mol. The third-order valence-corrected chi connectivity index (χ3v) is 4.08. The van der Waals surface area contributed by atoms with E-state index in [-0.39, 0.29) is 6.10 Å². The molecule has 1 aliphatic heterocycles. The maximum absolute atomic E-state index is 9.63. The third-order valence-electron chi connectivity index (χ3n) is 4.08. The minimum absolute atomic E-state index is 0.227. The van der Waals surface area contributed by atoms with Gasteiger partial charge in [0.05, 0.1) is 18.8 Å². The van der Waals surface area contributed by atoms with Gasteiger partial charge in [-0.2, -0.15) is 5.26 Å². The number of aromatic nitrogens is 1. The highest BCUT2D eigenvalue weighted by Gasteiger charge is 2.21. The summed E-state index contributed by atoms with van der Waals surface area (Å²) in [4.78, 5) is 5.48. The molecule has 2 aromatic rings. The van der Waals surface area contributed by atoms with Gasteiger partial charge in [-0.1, -0.05) is 12.1 Å². The number of hydrogen-bond acceptors (Lipinski definition) is 4. The number of methoxy groups -OCH3 is 1. The number of anilines is 1. The van der Waals surface area contributed by atoms with E-state index in [1.165, 1.54) is 0 Å². The Kier molecular flexibility index (Phi) is 4.03. The number of nitriles is 1. The number of ether oxygens (including phenoxy) is 1. The highest BCUT2D eigenvalue weighted by atomic mass is 16.5. The van der Waals surface area contributed by atoms with Crippen molar-refractivity contribution < 1.29 is 9.84 Å². The Balaban J connectivity index is 1.93. The van der Waals surface area contributed by atoms with Gasteiger partial charge < -0.3 is 19.7 Å². The van der Waals surface area contributed by atoms with Crippen LogP contribution in [0.2, 0.25) is 0 Å². The van der Waals surface area contributed by atoms with Crippen LogP contribution in [-0.4, -0.2) is 36.4 Å². The molecule has 2 heterocycles. The molecule has 0 radical (unpaired) electrons. The molecule has 114 valence electrons. The number of nitrogens with zero attached hydrogens (tertiary/aromatic N) is 2. The van der Waals surface area contributed by atoms with E-state index in [0.29, 0.717) is 5.56 Å². The van der Waals surface area contributed by atoms with Gasteiger partial charge in [0.15, 0.2) is 0 Å². The molecule has 0 spiro atoms. The van der Waals surface area contributed by atoms with Crippen LogP contribution in [0.15, 0.2) is 30.3 Å². The first-order chi connectivity index (χ1) is 10.7. The first-order valence-electron chi connectivity index (χ1n) is 7.42. The predicted molar refractivity (Wildman–Crippen MR) is 84.9 cm³/mol. The van der Waals surface area contributed by atoms with Gasteiger partial charge >= 0.3 is 0 Å². The van der Waals surface area contributed by atoms with Crippen molar-refractivity contribution in [3.8, 4) is 23.1 Å². The summed E-state index contributed by atoms with van der Waals surface area (Å²) in [5, 5.41) is 19.0. The van der Waals surface area contributed by atoms with Crippen LogP contribution in [-0.2, 0) is 0 Å². The molecular formula is C17H19N3O2. The summed E-state index contributed by atoms with van der Waals surface area (Å²) in [7, 11) is 1.64. The fourth-order valence-electron chi connectivity index (χ4n) is 2.81. The van der Waals surface area contributed by atoms with Gasteiger partial charge in [0.1, 0.15) is 17.6 Å². The van der Waals surface area contributed by atoms with Gasteiger partial charge in [-0.15, -0.1) is 0 Å². The van der Waals surface area contributed by atoms with Crippen LogP contribution < -0.4 is 9.64 Å². The second-order valence-electron chi connectivity index (χ2n) is 5.51. The lowest BCUT2D eigenvalue weighted by Crippen LogP contribution is -2.36. The van der Waals surface area contributed by atoms with Gasteiger partial charge in [0.2, 0.25) is 0 Å². The number of piperidine rings is 1. The second-order valence-corrected chi connectivity index (χ2v) is 5.51. The van der Waals surface area contributed by atoms with Crippen LogP contribution in [0.4, 0.5) is 5.82 Å². The Hall–Kier alpha value is -2.45. The van der Waals surface area contributed by atoms with Gasteiger partial charge in [0.25, 0.3) is 0 Å². The second kappa shape index (κ2) is 6.12. The first kappa shape index (κ1) is 14.5. The monoisotopic (exact) mass is 297 g/mol. The largest absolute Gasteiger partial charge is 0.497 e. The van der Waals surface area contributed by atoms with Crippen molar-refractivity contribution in [3.05, 3.63) is 35.9 Å². The van der Waals surface area contributed by atoms with Crippen molar-refractivity contribution in [2.75, 3.05) is 25.1 Å². The summed E-state index contributed by atoms with van der Waals surface area (Å²) in [6, 6.07) is 11.9. The van der Waals surface area contributed by atoms with Gasteiger partial charge in [-0.05, 0) is 31.0 Å². The highest BCUT2D eigenvalue weighted by Crippen LogP contribution is 2.30. The number of aromatic amines is 1. The molecule has 5 nitrogen and oxygen atoms in total. The Morgan fingerprint density at radius 2 is 2.09 bits per heavy atom. The van der Waals surface area contributed by atoms with E-state index in [0.717, 1.165) is 48.8 Å². The Morgan fingerprint density at radius 3 is 2.77 bits per heavy atom. The highest BCUT2D eigenvalue weighted by molar-refractivity contribution is 5.70. The van der Waals surface area contributed by atoms with Gasteiger partial charge in [0, 0.05) is 24.3 Å². The fourth-order valence-corrected chi connectivity index (χ4v) is 2.81. The van der Waals surface area contributed by atoms with Crippen molar-refractivity contribution >= 4 is 5.82 Å². The Morgan fingerprint density at radius 1 is 1.32 bits per heavy atom. The number of benzene rings is 1. The molecule has 1 fully saturated rings. The molecule has 0 bridgehead atoms. The molecule has 0 amide bonds. The molecule has 1 aliphatic rings. The van der Waals surface area contributed by atoms with Crippen LogP contribution in [0, 0.1) is 11.3 Å². The number of nitrogens with one attached hydrogen (secondary N) is 1. The van der Waals surface area contributed by atoms with Crippen LogP contribution in [0.25, 0.3) is 11.3 Å². The standard InChI is InChI=1S/C17H19N3O2/c1-22-15-4-2-3-12(9-15)16-10-13(11-18)17(19-16)20-7-5-14(21)6-8-20/h2-4,9-10,14,19,21H,5-8H2,1H3. The molecule has 0 atom stereocenters. The molecule has 0 unspecified atom stereocenters. The molecule has 2 N–H and O–H groups in total. The zero-order chi connectivity index (χ0) is 15.5. The topological polar surface area (TPSA) is 72.3 Å². The van der Waals surface area contributed by atoms with E-state index in [2.05, 4.69) is 16.0 Å². The molecule has 5 heteroatoms. The quantitative estimate of drug-likeness (QED) is 0.913. The van der Waals surface area contributed by atoms with E-state index in [1.807, 2.05) is 30.3 Å². The van der Waals surface area contributed by atoms with E-state index < -0.39 is 0 Å². The summed E-state index contributed by atoms with van der Waals surface area (Å²) in [5.41, 5.74) is 2.52. The zero-order valence-corrected chi connectivity index (χ0v) is 12.5. The number of hydrogen-bond donors (Lipinski definition) is 2. The van der Waals surface area contributed by atoms with Gasteiger partial charge in [-0.3, -0.25) is 0 Å². The third kappa shape index (κ3) is 2.78. The Bertz CT molecular complexity index is 694. The van der Waals surface area contributed by atoms with E-state index in [9.17, 15) is 10.4 Å². The summed E-state index contributed by atoms with van der Waals surface area (Å²) in [6.07, 6.45) is 1.24. The molecule has 1 saturated heterocycles. The molecule has 1 aromatic heterocycles. The first-order valence-corrected chi connectivity index (χ1v) is 7.42.